The maximum atomic E-state index is 11.2. The van der Waals surface area contributed by atoms with Gasteiger partial charge in [0, 0.05) is 11.6 Å². The van der Waals surface area contributed by atoms with Crippen molar-refractivity contribution in [3.63, 3.8) is 0 Å². The lowest BCUT2D eigenvalue weighted by molar-refractivity contribution is -0.139. The van der Waals surface area contributed by atoms with Gasteiger partial charge in [-0.2, -0.15) is 0 Å². The minimum absolute atomic E-state index is 0.343. The van der Waals surface area contributed by atoms with Gasteiger partial charge in [-0.15, -0.1) is 0 Å². The SMILES string of the molecule is CC(C)C(C)c1nc2c([nH]1)CCCC2C(=O)O. The smallest absolute Gasteiger partial charge is 0.312 e. The van der Waals surface area contributed by atoms with Crippen molar-refractivity contribution in [2.45, 2.75) is 51.9 Å². The monoisotopic (exact) mass is 236 g/mol. The zero-order chi connectivity index (χ0) is 12.6. The number of aromatic nitrogens is 2. The molecule has 0 amide bonds. The number of hydrogen-bond donors (Lipinski definition) is 2. The van der Waals surface area contributed by atoms with Crippen LogP contribution in [0.5, 0.6) is 0 Å². The number of aromatic amines is 1. The van der Waals surface area contributed by atoms with Crippen LogP contribution in [0.25, 0.3) is 0 Å². The largest absolute Gasteiger partial charge is 0.481 e. The number of carboxylic acid groups (broad SMARTS) is 1. The van der Waals surface area contributed by atoms with Crippen LogP contribution in [0.1, 0.15) is 62.7 Å². The third-order valence-corrected chi connectivity index (χ3v) is 3.81. The topological polar surface area (TPSA) is 66.0 Å². The molecule has 0 spiro atoms. The molecule has 1 aromatic rings. The highest BCUT2D eigenvalue weighted by Crippen LogP contribution is 2.32. The number of nitrogens with zero attached hydrogens (tertiary/aromatic N) is 1. The van der Waals surface area contributed by atoms with E-state index in [1.54, 1.807) is 0 Å². The number of carboxylic acids is 1. The summed E-state index contributed by atoms with van der Waals surface area (Å²) in [6.07, 6.45) is 2.57. The fourth-order valence-corrected chi connectivity index (χ4v) is 2.31. The van der Waals surface area contributed by atoms with Gasteiger partial charge in [-0.3, -0.25) is 4.79 Å². The van der Waals surface area contributed by atoms with E-state index >= 15 is 0 Å². The van der Waals surface area contributed by atoms with E-state index in [0.29, 0.717) is 18.3 Å². The van der Waals surface area contributed by atoms with Crippen LogP contribution < -0.4 is 0 Å². The lowest BCUT2D eigenvalue weighted by Gasteiger charge is -2.16. The van der Waals surface area contributed by atoms with Gasteiger partial charge >= 0.3 is 5.97 Å². The Balaban J connectivity index is 2.34. The van der Waals surface area contributed by atoms with Crippen LogP contribution in [0.4, 0.5) is 0 Å². The quantitative estimate of drug-likeness (QED) is 0.848. The number of aryl methyl sites for hydroxylation is 1. The first-order valence-electron chi connectivity index (χ1n) is 6.32. The number of aliphatic carboxylic acids is 1. The molecule has 0 saturated carbocycles. The third-order valence-electron chi connectivity index (χ3n) is 3.81. The molecule has 0 bridgehead atoms. The predicted molar refractivity (Wildman–Crippen MR) is 65.2 cm³/mol. The molecule has 1 aromatic heterocycles. The zero-order valence-corrected chi connectivity index (χ0v) is 10.7. The van der Waals surface area contributed by atoms with E-state index in [4.69, 9.17) is 0 Å². The number of rotatable bonds is 3. The highest BCUT2D eigenvalue weighted by atomic mass is 16.4. The van der Waals surface area contributed by atoms with Crippen molar-refractivity contribution >= 4 is 5.97 Å². The number of nitrogens with one attached hydrogen (secondary N) is 1. The van der Waals surface area contributed by atoms with Gasteiger partial charge in [-0.25, -0.2) is 4.98 Å². The van der Waals surface area contributed by atoms with Crippen molar-refractivity contribution in [1.29, 1.82) is 0 Å². The standard InChI is InChI=1S/C13H20N2O2/c1-7(2)8(3)12-14-10-6-4-5-9(13(16)17)11(10)15-12/h7-9H,4-6H2,1-3H3,(H,14,15)(H,16,17). The molecule has 0 radical (unpaired) electrons. The lowest BCUT2D eigenvalue weighted by atomic mass is 9.90. The van der Waals surface area contributed by atoms with Crippen molar-refractivity contribution in [3.05, 3.63) is 17.2 Å². The zero-order valence-electron chi connectivity index (χ0n) is 10.7. The van der Waals surface area contributed by atoms with Gasteiger partial charge in [0.25, 0.3) is 0 Å². The maximum absolute atomic E-state index is 11.2. The second kappa shape index (κ2) is 4.51. The summed E-state index contributed by atoms with van der Waals surface area (Å²) >= 11 is 0. The first-order valence-corrected chi connectivity index (χ1v) is 6.32. The number of H-pyrrole nitrogens is 1. The Morgan fingerprint density at radius 1 is 1.47 bits per heavy atom. The second-order valence-corrected chi connectivity index (χ2v) is 5.30. The summed E-state index contributed by atoms with van der Waals surface area (Å²) in [4.78, 5) is 19.0. The number of carbonyl (C=O) groups is 1. The van der Waals surface area contributed by atoms with Crippen LogP contribution in [0, 0.1) is 5.92 Å². The third kappa shape index (κ3) is 2.21. The van der Waals surface area contributed by atoms with Crippen molar-refractivity contribution in [2.24, 2.45) is 5.92 Å². The molecule has 0 aliphatic heterocycles. The summed E-state index contributed by atoms with van der Waals surface area (Å²) in [5, 5.41) is 9.19. The van der Waals surface area contributed by atoms with Crippen LogP contribution >= 0.6 is 0 Å². The molecule has 1 aliphatic rings. The van der Waals surface area contributed by atoms with Crippen molar-refractivity contribution in [3.8, 4) is 0 Å². The highest BCUT2D eigenvalue weighted by Gasteiger charge is 2.30. The first-order chi connectivity index (χ1) is 8.00. The van der Waals surface area contributed by atoms with Gasteiger partial charge < -0.3 is 10.1 Å². The molecule has 0 fully saturated rings. The molecule has 4 heteroatoms. The Bertz CT molecular complexity index is 423. The Labute approximate surface area is 101 Å². The van der Waals surface area contributed by atoms with Crippen molar-refractivity contribution in [1.82, 2.24) is 9.97 Å². The molecule has 17 heavy (non-hydrogen) atoms. The number of hydrogen-bond acceptors (Lipinski definition) is 2. The van der Waals surface area contributed by atoms with Gasteiger partial charge in [0.05, 0.1) is 5.69 Å². The molecule has 0 aromatic carbocycles. The van der Waals surface area contributed by atoms with E-state index in [1.165, 1.54) is 0 Å². The number of fused-ring (bicyclic) bond motifs is 1. The predicted octanol–water partition coefficient (Wildman–Crippen LogP) is 2.67. The molecule has 4 nitrogen and oxygen atoms in total. The van der Waals surface area contributed by atoms with E-state index in [1.807, 2.05) is 0 Å². The average molecular weight is 236 g/mol. The van der Waals surface area contributed by atoms with Gasteiger partial charge in [0.1, 0.15) is 11.7 Å². The van der Waals surface area contributed by atoms with Crippen LogP contribution in [0.15, 0.2) is 0 Å². The minimum Gasteiger partial charge on any atom is -0.481 e. The molecule has 2 N–H and O–H groups in total. The molecule has 1 aliphatic carbocycles. The van der Waals surface area contributed by atoms with Crippen molar-refractivity contribution < 1.29 is 9.90 Å². The summed E-state index contributed by atoms with van der Waals surface area (Å²) in [6.45, 7) is 6.44. The molecule has 0 saturated heterocycles. The van der Waals surface area contributed by atoms with Crippen LogP contribution in [-0.2, 0) is 11.2 Å². The Kier molecular flexibility index (Phi) is 3.22. The lowest BCUT2D eigenvalue weighted by Crippen LogP contribution is -2.17. The van der Waals surface area contributed by atoms with Crippen LogP contribution in [0.3, 0.4) is 0 Å². The van der Waals surface area contributed by atoms with E-state index < -0.39 is 11.9 Å². The number of imidazole rings is 1. The normalized spacial score (nSPS) is 21.3. The second-order valence-electron chi connectivity index (χ2n) is 5.30. The molecule has 2 rings (SSSR count). The van der Waals surface area contributed by atoms with E-state index in [9.17, 15) is 9.90 Å². The van der Waals surface area contributed by atoms with Crippen molar-refractivity contribution in [2.75, 3.05) is 0 Å². The maximum Gasteiger partial charge on any atom is 0.312 e. The first kappa shape index (κ1) is 12.1. The van der Waals surface area contributed by atoms with Gasteiger partial charge in [-0.1, -0.05) is 20.8 Å². The average Bonchev–Trinajstić information content (AvgIpc) is 2.70. The molecule has 1 heterocycles. The Morgan fingerprint density at radius 3 is 2.76 bits per heavy atom. The fraction of sp³-hybridized carbons (Fsp3) is 0.692. The molecule has 94 valence electrons. The molecule has 2 atom stereocenters. The summed E-state index contributed by atoms with van der Waals surface area (Å²) in [7, 11) is 0. The molecular weight excluding hydrogens is 216 g/mol. The van der Waals surface area contributed by atoms with Gasteiger partial charge in [0.2, 0.25) is 0 Å². The summed E-state index contributed by atoms with van der Waals surface area (Å²) in [5.74, 6) is 0.628. The Morgan fingerprint density at radius 2 is 2.18 bits per heavy atom. The van der Waals surface area contributed by atoms with E-state index in [2.05, 4.69) is 30.7 Å². The van der Waals surface area contributed by atoms with E-state index in [-0.39, 0.29) is 0 Å². The van der Waals surface area contributed by atoms with Crippen LogP contribution in [-0.4, -0.2) is 21.0 Å². The highest BCUT2D eigenvalue weighted by molar-refractivity contribution is 5.76. The fourth-order valence-electron chi connectivity index (χ4n) is 2.31. The summed E-state index contributed by atoms with van der Waals surface area (Å²) in [6, 6.07) is 0. The van der Waals surface area contributed by atoms with E-state index in [0.717, 1.165) is 30.1 Å². The Hall–Kier alpha value is -1.32. The van der Waals surface area contributed by atoms with Crippen LogP contribution in [0.2, 0.25) is 0 Å². The minimum atomic E-state index is -0.749. The molecular formula is C13H20N2O2. The summed E-state index contributed by atoms with van der Waals surface area (Å²) < 4.78 is 0. The van der Waals surface area contributed by atoms with Gasteiger partial charge in [-0.05, 0) is 25.2 Å². The summed E-state index contributed by atoms with van der Waals surface area (Å²) in [5.41, 5.74) is 1.80. The molecule has 2 unspecified atom stereocenters. The van der Waals surface area contributed by atoms with Gasteiger partial charge in [0.15, 0.2) is 0 Å².